The summed E-state index contributed by atoms with van der Waals surface area (Å²) in [5, 5.41) is 9.33. The molecule has 0 fully saturated rings. The Balaban J connectivity index is 3.18. The van der Waals surface area contributed by atoms with Crippen LogP contribution in [-0.4, -0.2) is 5.91 Å². The Morgan fingerprint density at radius 3 is 2.56 bits per heavy atom. The average Bonchev–Trinajstić information content (AvgIpc) is 2.21. The molecule has 0 heterocycles. The summed E-state index contributed by atoms with van der Waals surface area (Å²) in [6.07, 6.45) is -5.41. The van der Waals surface area contributed by atoms with Crippen LogP contribution in [0.15, 0.2) is 12.1 Å². The van der Waals surface area contributed by atoms with Gasteiger partial charge < -0.3 is 5.32 Å². The first-order chi connectivity index (χ1) is 8.25. The quantitative estimate of drug-likeness (QED) is 0.845. The molecule has 18 heavy (non-hydrogen) atoms. The Hall–Kier alpha value is -1.81. The van der Waals surface area contributed by atoms with E-state index >= 15 is 0 Å². The smallest absolute Gasteiger partial charge is 0.324 e. The van der Waals surface area contributed by atoms with Crippen molar-refractivity contribution in [3.8, 4) is 6.07 Å². The SMILES string of the molecule is N#CCC(=O)Nc1cc(F)cc(C(F)(F)F)c1Cl. The highest BCUT2D eigenvalue weighted by Gasteiger charge is 2.35. The van der Waals surface area contributed by atoms with E-state index in [9.17, 15) is 22.4 Å². The zero-order valence-corrected chi connectivity index (χ0v) is 9.36. The summed E-state index contributed by atoms with van der Waals surface area (Å²) in [7, 11) is 0. The number of hydrogen-bond donors (Lipinski definition) is 1. The summed E-state index contributed by atoms with van der Waals surface area (Å²) in [6.45, 7) is 0. The second kappa shape index (κ2) is 5.23. The number of halogens is 5. The van der Waals surface area contributed by atoms with Crippen molar-refractivity contribution >= 4 is 23.2 Å². The summed E-state index contributed by atoms with van der Waals surface area (Å²) < 4.78 is 50.4. The fourth-order valence-electron chi connectivity index (χ4n) is 1.15. The molecule has 0 aromatic heterocycles. The number of amides is 1. The lowest BCUT2D eigenvalue weighted by Crippen LogP contribution is -2.13. The molecule has 3 nitrogen and oxygen atoms in total. The molecule has 8 heteroatoms. The van der Waals surface area contributed by atoms with Gasteiger partial charge in [-0.3, -0.25) is 4.79 Å². The number of benzene rings is 1. The van der Waals surface area contributed by atoms with Gasteiger partial charge in [0.1, 0.15) is 12.2 Å². The monoisotopic (exact) mass is 280 g/mol. The Bertz CT molecular complexity index is 522. The highest BCUT2D eigenvalue weighted by molar-refractivity contribution is 6.34. The van der Waals surface area contributed by atoms with E-state index in [1.807, 2.05) is 5.32 Å². The molecular weight excluding hydrogens is 276 g/mol. The van der Waals surface area contributed by atoms with Gasteiger partial charge in [-0.05, 0) is 12.1 Å². The van der Waals surface area contributed by atoms with Crippen molar-refractivity contribution in [3.05, 3.63) is 28.5 Å². The largest absolute Gasteiger partial charge is 0.418 e. The Morgan fingerprint density at radius 2 is 2.06 bits per heavy atom. The standard InChI is InChI=1S/C10H5ClF4N2O/c11-9-6(10(13,14)15)3-5(12)4-7(9)17-8(18)1-2-16/h3-4H,1H2,(H,17,18). The van der Waals surface area contributed by atoms with Gasteiger partial charge in [0.05, 0.1) is 22.3 Å². The van der Waals surface area contributed by atoms with Crippen LogP contribution in [0.5, 0.6) is 0 Å². The van der Waals surface area contributed by atoms with Crippen LogP contribution in [0.2, 0.25) is 5.02 Å². The summed E-state index contributed by atoms with van der Waals surface area (Å²) >= 11 is 5.43. The number of rotatable bonds is 2. The van der Waals surface area contributed by atoms with E-state index in [4.69, 9.17) is 16.9 Å². The molecule has 96 valence electrons. The van der Waals surface area contributed by atoms with Crippen molar-refractivity contribution in [2.45, 2.75) is 12.6 Å². The fourth-order valence-corrected chi connectivity index (χ4v) is 1.42. The van der Waals surface area contributed by atoms with E-state index in [1.54, 1.807) is 0 Å². The van der Waals surface area contributed by atoms with E-state index in [0.717, 1.165) is 0 Å². The van der Waals surface area contributed by atoms with Crippen molar-refractivity contribution < 1.29 is 22.4 Å². The Morgan fingerprint density at radius 1 is 1.44 bits per heavy atom. The predicted molar refractivity (Wildman–Crippen MR) is 55.3 cm³/mol. The van der Waals surface area contributed by atoms with Crippen molar-refractivity contribution in [3.63, 3.8) is 0 Å². The molecule has 0 aliphatic heterocycles. The highest BCUT2D eigenvalue weighted by Crippen LogP contribution is 2.39. The van der Waals surface area contributed by atoms with E-state index in [0.29, 0.717) is 6.07 Å². The summed E-state index contributed by atoms with van der Waals surface area (Å²) in [5.74, 6) is -2.07. The summed E-state index contributed by atoms with van der Waals surface area (Å²) in [5.41, 5.74) is -1.92. The Labute approximate surface area is 104 Å². The summed E-state index contributed by atoms with van der Waals surface area (Å²) in [6, 6.07) is 2.37. The third kappa shape index (κ3) is 3.34. The molecule has 0 saturated carbocycles. The Kier molecular flexibility index (Phi) is 4.14. The molecule has 0 radical (unpaired) electrons. The minimum Gasteiger partial charge on any atom is -0.324 e. The molecule has 0 bridgehead atoms. The predicted octanol–water partition coefficient (Wildman–Crippen LogP) is 3.35. The third-order valence-corrected chi connectivity index (χ3v) is 2.26. The molecule has 0 spiro atoms. The van der Waals surface area contributed by atoms with Crippen molar-refractivity contribution in [2.75, 3.05) is 5.32 Å². The lowest BCUT2D eigenvalue weighted by molar-refractivity contribution is -0.137. The third-order valence-electron chi connectivity index (χ3n) is 1.86. The van der Waals surface area contributed by atoms with Crippen LogP contribution in [0.25, 0.3) is 0 Å². The molecular formula is C10H5ClF4N2O. The number of anilines is 1. The second-order valence-electron chi connectivity index (χ2n) is 3.20. The van der Waals surface area contributed by atoms with Gasteiger partial charge >= 0.3 is 6.18 Å². The van der Waals surface area contributed by atoms with Crippen molar-refractivity contribution in [1.82, 2.24) is 0 Å². The van der Waals surface area contributed by atoms with Gasteiger partial charge in [-0.15, -0.1) is 0 Å². The maximum Gasteiger partial charge on any atom is 0.418 e. The lowest BCUT2D eigenvalue weighted by atomic mass is 10.1. The first kappa shape index (κ1) is 14.3. The molecule has 1 amide bonds. The van der Waals surface area contributed by atoms with Crippen molar-refractivity contribution in [1.29, 1.82) is 5.26 Å². The van der Waals surface area contributed by atoms with Gasteiger partial charge in [-0.25, -0.2) is 4.39 Å². The van der Waals surface area contributed by atoms with Crippen LogP contribution in [0.4, 0.5) is 23.2 Å². The first-order valence-corrected chi connectivity index (χ1v) is 4.86. The van der Waals surface area contributed by atoms with Crippen LogP contribution >= 0.6 is 11.6 Å². The minimum atomic E-state index is -4.84. The van der Waals surface area contributed by atoms with Gasteiger partial charge in [0.25, 0.3) is 0 Å². The van der Waals surface area contributed by atoms with Crippen molar-refractivity contribution in [2.24, 2.45) is 0 Å². The molecule has 1 aromatic carbocycles. The number of hydrogen-bond acceptors (Lipinski definition) is 2. The molecule has 0 aliphatic carbocycles. The fraction of sp³-hybridized carbons (Fsp3) is 0.200. The number of nitrogens with one attached hydrogen (secondary N) is 1. The van der Waals surface area contributed by atoms with Gasteiger partial charge in [-0.1, -0.05) is 11.6 Å². The topological polar surface area (TPSA) is 52.9 Å². The second-order valence-corrected chi connectivity index (χ2v) is 3.57. The van der Waals surface area contributed by atoms with E-state index in [1.165, 1.54) is 6.07 Å². The van der Waals surface area contributed by atoms with Crippen LogP contribution in [-0.2, 0) is 11.0 Å². The number of carbonyl (C=O) groups is 1. The molecule has 1 N–H and O–H groups in total. The maximum absolute atomic E-state index is 13.0. The molecule has 0 saturated heterocycles. The van der Waals surface area contributed by atoms with Crippen LogP contribution in [0.1, 0.15) is 12.0 Å². The number of alkyl halides is 3. The molecule has 1 rings (SSSR count). The lowest BCUT2D eigenvalue weighted by Gasteiger charge is -2.13. The van der Waals surface area contributed by atoms with Crippen LogP contribution < -0.4 is 5.32 Å². The van der Waals surface area contributed by atoms with E-state index < -0.39 is 40.6 Å². The molecule has 0 aliphatic rings. The van der Waals surface area contributed by atoms with Gasteiger partial charge in [0.2, 0.25) is 5.91 Å². The molecule has 0 unspecified atom stereocenters. The van der Waals surface area contributed by atoms with Gasteiger partial charge in [0, 0.05) is 0 Å². The molecule has 0 atom stereocenters. The minimum absolute atomic E-state index is 0.224. The van der Waals surface area contributed by atoms with Crippen LogP contribution in [0, 0.1) is 17.1 Å². The average molecular weight is 281 g/mol. The molecule has 1 aromatic rings. The van der Waals surface area contributed by atoms with Gasteiger partial charge in [-0.2, -0.15) is 18.4 Å². The zero-order chi connectivity index (χ0) is 13.9. The zero-order valence-electron chi connectivity index (χ0n) is 8.61. The summed E-state index contributed by atoms with van der Waals surface area (Å²) in [4.78, 5) is 11.0. The number of nitriles is 1. The van der Waals surface area contributed by atoms with Gasteiger partial charge in [0.15, 0.2) is 0 Å². The number of nitrogens with zero attached hydrogens (tertiary/aromatic N) is 1. The highest BCUT2D eigenvalue weighted by atomic mass is 35.5. The van der Waals surface area contributed by atoms with E-state index in [-0.39, 0.29) is 6.07 Å². The van der Waals surface area contributed by atoms with E-state index in [2.05, 4.69) is 0 Å². The number of carbonyl (C=O) groups excluding carboxylic acids is 1. The first-order valence-electron chi connectivity index (χ1n) is 4.48. The maximum atomic E-state index is 13.0. The van der Waals surface area contributed by atoms with Crippen LogP contribution in [0.3, 0.4) is 0 Å². The normalized spacial score (nSPS) is 10.9.